The molecule has 1 N–H and O–H groups in total. The average Bonchev–Trinajstić information content (AvgIpc) is 2.96. The van der Waals surface area contributed by atoms with Gasteiger partial charge in [0.15, 0.2) is 11.3 Å². The van der Waals surface area contributed by atoms with Gasteiger partial charge in [0.05, 0.1) is 0 Å². The predicted octanol–water partition coefficient (Wildman–Crippen LogP) is 4.16. The van der Waals surface area contributed by atoms with Gasteiger partial charge in [-0.3, -0.25) is 4.79 Å². The number of nitrogens with one attached hydrogen (secondary N) is 1. The van der Waals surface area contributed by atoms with E-state index in [1.165, 1.54) is 64.2 Å². The van der Waals surface area contributed by atoms with Crippen molar-refractivity contribution in [2.45, 2.75) is 76.5 Å². The van der Waals surface area contributed by atoms with E-state index in [-0.39, 0.29) is 11.3 Å². The molecule has 2 aliphatic carbocycles. The molecule has 0 spiro atoms. The van der Waals surface area contributed by atoms with Gasteiger partial charge in [-0.1, -0.05) is 57.8 Å². The summed E-state index contributed by atoms with van der Waals surface area (Å²) < 4.78 is 1.56. The van der Waals surface area contributed by atoms with Crippen molar-refractivity contribution in [1.82, 2.24) is 19.7 Å². The van der Waals surface area contributed by atoms with Gasteiger partial charge in [0, 0.05) is 13.0 Å². The van der Waals surface area contributed by atoms with Gasteiger partial charge in [-0.15, -0.1) is 0 Å². The maximum atomic E-state index is 12.6. The first-order chi connectivity index (χ1) is 13.2. The maximum absolute atomic E-state index is 12.6. The zero-order chi connectivity index (χ0) is 18.8. The van der Waals surface area contributed by atoms with Crippen molar-refractivity contribution in [2.24, 2.45) is 18.9 Å². The molecule has 2 aromatic rings. The molecule has 6 nitrogen and oxygen atoms in total. The summed E-state index contributed by atoms with van der Waals surface area (Å²) in [5, 5.41) is 13.7. The molecular weight excluding hydrogens is 338 g/mol. The third-order valence-electron chi connectivity index (χ3n) is 6.75. The van der Waals surface area contributed by atoms with Gasteiger partial charge in [-0.25, -0.2) is 9.67 Å². The number of nitrogens with zero attached hydrogens (tertiary/aromatic N) is 4. The zero-order valence-electron chi connectivity index (χ0n) is 16.2. The highest BCUT2D eigenvalue weighted by Gasteiger charge is 2.39. The molecule has 0 aliphatic heterocycles. The Morgan fingerprint density at radius 3 is 2.30 bits per heavy atom. The van der Waals surface area contributed by atoms with Crippen molar-refractivity contribution < 1.29 is 0 Å². The van der Waals surface area contributed by atoms with E-state index in [1.54, 1.807) is 11.7 Å². The van der Waals surface area contributed by atoms with E-state index < -0.39 is 0 Å². The fourth-order valence-corrected chi connectivity index (χ4v) is 5.13. The van der Waals surface area contributed by atoms with Crippen LogP contribution in [0.15, 0.2) is 4.79 Å². The zero-order valence-corrected chi connectivity index (χ0v) is 16.2. The second-order valence-electron chi connectivity index (χ2n) is 8.39. The summed E-state index contributed by atoms with van der Waals surface area (Å²) in [6.45, 7) is 0. The number of aromatic nitrogens is 4. The number of rotatable bonds is 2. The highest BCUT2D eigenvalue weighted by atomic mass is 16.1. The van der Waals surface area contributed by atoms with Crippen LogP contribution in [-0.4, -0.2) is 19.7 Å². The molecule has 2 unspecified atom stereocenters. The molecule has 4 rings (SSSR count). The molecule has 0 aromatic carbocycles. The van der Waals surface area contributed by atoms with Crippen molar-refractivity contribution in [1.29, 1.82) is 5.26 Å². The van der Waals surface area contributed by atoms with E-state index in [9.17, 15) is 10.1 Å². The minimum absolute atomic E-state index is 0.158. The van der Waals surface area contributed by atoms with Crippen LogP contribution in [-0.2, 0) is 7.05 Å². The van der Waals surface area contributed by atoms with Crippen LogP contribution in [0.5, 0.6) is 0 Å². The number of nitriles is 1. The van der Waals surface area contributed by atoms with E-state index in [1.807, 2.05) is 6.07 Å². The summed E-state index contributed by atoms with van der Waals surface area (Å²) in [5.41, 5.74) is 0.462. The molecule has 2 saturated carbocycles. The van der Waals surface area contributed by atoms with Crippen LogP contribution in [0.4, 0.5) is 0 Å². The lowest BCUT2D eigenvalue weighted by atomic mass is 9.64. The minimum atomic E-state index is -0.226. The van der Waals surface area contributed by atoms with Gasteiger partial charge < -0.3 is 4.98 Å². The monoisotopic (exact) mass is 367 g/mol. The quantitative estimate of drug-likeness (QED) is 0.863. The normalized spacial score (nSPS) is 25.0. The standard InChI is InChI=1S/C21H29N5O/c1-26-20-18(17(13-22)25-26)21(27)24-19(23-20)16-12-11-15(16)14-9-7-5-3-2-4-6-8-10-14/h14-16H,2-12H2,1H3,(H,23,24,27). The van der Waals surface area contributed by atoms with Gasteiger partial charge in [-0.05, 0) is 24.7 Å². The molecule has 0 amide bonds. The van der Waals surface area contributed by atoms with Crippen molar-refractivity contribution in [3.63, 3.8) is 0 Å². The number of aromatic amines is 1. The number of hydrogen-bond donors (Lipinski definition) is 1. The molecule has 0 saturated heterocycles. The van der Waals surface area contributed by atoms with Crippen LogP contribution < -0.4 is 5.56 Å². The summed E-state index contributed by atoms with van der Waals surface area (Å²) in [6, 6.07) is 2.00. The Labute approximate surface area is 160 Å². The molecule has 2 heterocycles. The molecule has 0 radical (unpaired) electrons. The van der Waals surface area contributed by atoms with Crippen LogP contribution in [0.3, 0.4) is 0 Å². The topological polar surface area (TPSA) is 87.4 Å². The Balaban J connectivity index is 1.58. The first-order valence-electron chi connectivity index (χ1n) is 10.6. The van der Waals surface area contributed by atoms with E-state index >= 15 is 0 Å². The molecule has 2 atom stereocenters. The number of fused-ring (bicyclic) bond motifs is 1. The van der Waals surface area contributed by atoms with E-state index in [0.717, 1.165) is 18.2 Å². The van der Waals surface area contributed by atoms with Gasteiger partial charge >= 0.3 is 0 Å². The number of hydrogen-bond acceptors (Lipinski definition) is 4. The lowest BCUT2D eigenvalue weighted by Gasteiger charge is -2.42. The molecule has 144 valence electrons. The molecule has 2 aliphatic rings. The van der Waals surface area contributed by atoms with Crippen molar-refractivity contribution in [3.05, 3.63) is 21.9 Å². The fourth-order valence-electron chi connectivity index (χ4n) is 5.13. The summed E-state index contributed by atoms with van der Waals surface area (Å²) in [7, 11) is 1.75. The van der Waals surface area contributed by atoms with Gasteiger partial charge in [0.1, 0.15) is 17.3 Å². The van der Waals surface area contributed by atoms with E-state index in [0.29, 0.717) is 22.9 Å². The van der Waals surface area contributed by atoms with Crippen LogP contribution in [0.2, 0.25) is 0 Å². The summed E-state index contributed by atoms with van der Waals surface area (Å²) in [4.78, 5) is 20.3. The van der Waals surface area contributed by atoms with Crippen LogP contribution in [0, 0.1) is 23.2 Å². The Morgan fingerprint density at radius 1 is 1.04 bits per heavy atom. The van der Waals surface area contributed by atoms with Crippen molar-refractivity contribution in [2.75, 3.05) is 0 Å². The molecule has 6 heteroatoms. The Hall–Kier alpha value is -2.16. The third-order valence-corrected chi connectivity index (χ3v) is 6.75. The number of aryl methyl sites for hydroxylation is 1. The molecule has 27 heavy (non-hydrogen) atoms. The van der Waals surface area contributed by atoms with Crippen molar-refractivity contribution in [3.8, 4) is 6.07 Å². The van der Waals surface area contributed by atoms with Crippen LogP contribution in [0.25, 0.3) is 11.0 Å². The van der Waals surface area contributed by atoms with E-state index in [4.69, 9.17) is 4.98 Å². The average molecular weight is 367 g/mol. The molecular formula is C21H29N5O. The van der Waals surface area contributed by atoms with Crippen molar-refractivity contribution >= 4 is 11.0 Å². The Bertz CT molecular complexity index is 896. The second kappa shape index (κ2) is 7.84. The molecule has 2 aromatic heterocycles. The Morgan fingerprint density at radius 2 is 1.70 bits per heavy atom. The Kier molecular flexibility index (Phi) is 5.29. The number of H-pyrrole nitrogens is 1. The smallest absolute Gasteiger partial charge is 0.263 e. The molecule has 0 bridgehead atoms. The largest absolute Gasteiger partial charge is 0.310 e. The SMILES string of the molecule is Cn1nc(C#N)c2c(=O)[nH]c(C3CCC3C3CCCCCCCCC3)nc21. The van der Waals surface area contributed by atoms with Gasteiger partial charge in [0.2, 0.25) is 0 Å². The van der Waals surface area contributed by atoms with Gasteiger partial charge in [-0.2, -0.15) is 10.4 Å². The third kappa shape index (κ3) is 3.52. The summed E-state index contributed by atoms with van der Waals surface area (Å²) in [5.74, 6) is 2.53. The molecule has 2 fully saturated rings. The second-order valence-corrected chi connectivity index (χ2v) is 8.39. The predicted molar refractivity (Wildman–Crippen MR) is 104 cm³/mol. The minimum Gasteiger partial charge on any atom is -0.310 e. The van der Waals surface area contributed by atoms with Gasteiger partial charge in [0.25, 0.3) is 5.56 Å². The maximum Gasteiger partial charge on any atom is 0.263 e. The van der Waals surface area contributed by atoms with Crippen LogP contribution in [0.1, 0.15) is 88.1 Å². The first-order valence-corrected chi connectivity index (χ1v) is 10.6. The lowest BCUT2D eigenvalue weighted by molar-refractivity contribution is 0.134. The highest BCUT2D eigenvalue weighted by molar-refractivity contribution is 5.79. The first kappa shape index (κ1) is 18.2. The van der Waals surface area contributed by atoms with E-state index in [2.05, 4.69) is 10.1 Å². The summed E-state index contributed by atoms with van der Waals surface area (Å²) >= 11 is 0. The summed E-state index contributed by atoms with van der Waals surface area (Å²) in [6.07, 6.45) is 14.5. The van der Waals surface area contributed by atoms with Crippen LogP contribution >= 0.6 is 0 Å². The highest BCUT2D eigenvalue weighted by Crippen LogP contribution is 2.48. The lowest BCUT2D eigenvalue weighted by Crippen LogP contribution is -2.33. The fraction of sp³-hybridized carbons (Fsp3) is 0.714.